The molecule has 2 aromatic heterocycles. The lowest BCUT2D eigenvalue weighted by Crippen LogP contribution is -2.36. The van der Waals surface area contributed by atoms with Crippen LogP contribution in [0.3, 0.4) is 0 Å². The first-order valence-electron chi connectivity index (χ1n) is 9.81. The first kappa shape index (κ1) is 18.0. The van der Waals surface area contributed by atoms with Crippen LogP contribution in [0.25, 0.3) is 10.2 Å². The van der Waals surface area contributed by atoms with Crippen molar-refractivity contribution >= 4 is 21.6 Å². The van der Waals surface area contributed by atoms with Crippen molar-refractivity contribution in [2.24, 2.45) is 0 Å². The van der Waals surface area contributed by atoms with Gasteiger partial charge in [-0.1, -0.05) is 6.07 Å². The van der Waals surface area contributed by atoms with Gasteiger partial charge in [-0.05, 0) is 43.4 Å². The van der Waals surface area contributed by atoms with Crippen LogP contribution in [-0.4, -0.2) is 41.2 Å². The van der Waals surface area contributed by atoms with E-state index in [1.54, 1.807) is 23.5 Å². The summed E-state index contributed by atoms with van der Waals surface area (Å²) < 4.78 is 25.2. The van der Waals surface area contributed by atoms with Crippen LogP contribution in [0, 0.1) is 5.82 Å². The number of nitrogens with zero attached hydrogens (tertiary/aromatic N) is 3. The molecule has 7 heteroatoms. The Kier molecular flexibility index (Phi) is 4.96. The van der Waals surface area contributed by atoms with Gasteiger partial charge >= 0.3 is 0 Å². The van der Waals surface area contributed by atoms with E-state index >= 15 is 0 Å². The van der Waals surface area contributed by atoms with Crippen LogP contribution >= 0.6 is 11.3 Å². The molecule has 3 aromatic rings. The molecule has 0 spiro atoms. The van der Waals surface area contributed by atoms with Crippen LogP contribution in [0.5, 0.6) is 11.6 Å². The maximum Gasteiger partial charge on any atom is 0.231 e. The zero-order valence-electron chi connectivity index (χ0n) is 15.6. The minimum Gasteiger partial charge on any atom is -0.438 e. The molecule has 1 fully saturated rings. The number of morpholine rings is 1. The summed E-state index contributed by atoms with van der Waals surface area (Å²) in [6.07, 6.45) is 4.51. The molecule has 0 unspecified atom stereocenters. The van der Waals surface area contributed by atoms with Crippen molar-refractivity contribution in [1.82, 2.24) is 14.9 Å². The zero-order valence-corrected chi connectivity index (χ0v) is 16.4. The Balaban J connectivity index is 1.56. The summed E-state index contributed by atoms with van der Waals surface area (Å²) >= 11 is 1.76. The van der Waals surface area contributed by atoms with Crippen molar-refractivity contribution in [2.75, 3.05) is 26.3 Å². The molecule has 0 atom stereocenters. The van der Waals surface area contributed by atoms with Crippen molar-refractivity contribution in [3.05, 3.63) is 46.3 Å². The number of hydrogen-bond donors (Lipinski definition) is 0. The largest absolute Gasteiger partial charge is 0.438 e. The van der Waals surface area contributed by atoms with Gasteiger partial charge < -0.3 is 9.47 Å². The third kappa shape index (κ3) is 3.62. The number of hydrogen-bond acceptors (Lipinski definition) is 6. The van der Waals surface area contributed by atoms with E-state index in [1.807, 2.05) is 0 Å². The molecule has 1 aliphatic heterocycles. The van der Waals surface area contributed by atoms with E-state index < -0.39 is 0 Å². The number of aromatic nitrogens is 2. The molecular formula is C21H22FN3O2S. The first-order valence-corrected chi connectivity index (χ1v) is 10.6. The Morgan fingerprint density at radius 3 is 2.86 bits per heavy atom. The molecule has 1 saturated heterocycles. The highest BCUT2D eigenvalue weighted by molar-refractivity contribution is 7.18. The van der Waals surface area contributed by atoms with Crippen LogP contribution in [0.2, 0.25) is 0 Å². The van der Waals surface area contributed by atoms with Gasteiger partial charge in [-0.25, -0.2) is 9.37 Å². The minimum absolute atomic E-state index is 0.316. The third-order valence-electron chi connectivity index (χ3n) is 5.31. The summed E-state index contributed by atoms with van der Waals surface area (Å²) in [6.45, 7) is 3.90. The molecule has 1 aliphatic carbocycles. The van der Waals surface area contributed by atoms with Gasteiger partial charge in [0.05, 0.1) is 25.1 Å². The number of thiophene rings is 1. The van der Waals surface area contributed by atoms with Gasteiger partial charge in [0.1, 0.15) is 22.2 Å². The van der Waals surface area contributed by atoms with Gasteiger partial charge in [0, 0.05) is 24.0 Å². The van der Waals surface area contributed by atoms with Crippen molar-refractivity contribution in [1.29, 1.82) is 0 Å². The lowest BCUT2D eigenvalue weighted by molar-refractivity contribution is 0.0330. The summed E-state index contributed by atoms with van der Waals surface area (Å²) in [5.74, 6) is 1.45. The van der Waals surface area contributed by atoms with Gasteiger partial charge in [0.15, 0.2) is 0 Å². The van der Waals surface area contributed by atoms with Gasteiger partial charge in [-0.15, -0.1) is 11.3 Å². The topological polar surface area (TPSA) is 47.5 Å². The SMILES string of the molecule is Fc1cccc(Oc2nc(CN3CCOCC3)nc3sc4c(c23)CCCC4)c1. The van der Waals surface area contributed by atoms with E-state index in [9.17, 15) is 4.39 Å². The normalized spacial score (nSPS) is 17.6. The van der Waals surface area contributed by atoms with Crippen LogP contribution in [-0.2, 0) is 24.1 Å². The smallest absolute Gasteiger partial charge is 0.231 e. The van der Waals surface area contributed by atoms with Gasteiger partial charge in [-0.2, -0.15) is 4.98 Å². The number of halogens is 1. The zero-order chi connectivity index (χ0) is 18.9. The Morgan fingerprint density at radius 1 is 1.14 bits per heavy atom. The first-order chi connectivity index (χ1) is 13.8. The van der Waals surface area contributed by atoms with Gasteiger partial charge in [0.25, 0.3) is 0 Å². The molecule has 0 amide bonds. The highest BCUT2D eigenvalue weighted by atomic mass is 32.1. The predicted molar refractivity (Wildman–Crippen MR) is 107 cm³/mol. The molecule has 0 radical (unpaired) electrons. The van der Waals surface area contributed by atoms with E-state index in [0.29, 0.717) is 18.2 Å². The standard InChI is InChI=1S/C21H22FN3O2S/c22-14-4-3-5-15(12-14)27-20-19-16-6-1-2-7-17(16)28-21(19)24-18(23-20)13-25-8-10-26-11-9-25/h3-5,12H,1-2,6-11,13H2. The molecule has 2 aliphatic rings. The molecule has 3 heterocycles. The Labute approximate surface area is 167 Å². The molecule has 1 aromatic carbocycles. The van der Waals surface area contributed by atoms with Crippen molar-refractivity contribution in [3.8, 4) is 11.6 Å². The summed E-state index contributed by atoms with van der Waals surface area (Å²) in [7, 11) is 0. The molecule has 0 saturated carbocycles. The quantitative estimate of drug-likeness (QED) is 0.653. The second-order valence-electron chi connectivity index (χ2n) is 7.28. The monoisotopic (exact) mass is 399 g/mol. The highest BCUT2D eigenvalue weighted by Gasteiger charge is 2.23. The summed E-state index contributed by atoms with van der Waals surface area (Å²) in [5, 5.41) is 1.01. The van der Waals surface area contributed by atoms with E-state index in [1.165, 1.54) is 35.4 Å². The third-order valence-corrected chi connectivity index (χ3v) is 6.49. The number of rotatable bonds is 4. The lowest BCUT2D eigenvalue weighted by atomic mass is 9.97. The summed E-state index contributed by atoms with van der Waals surface area (Å²) in [5.41, 5.74) is 1.32. The number of benzene rings is 1. The number of aryl methyl sites for hydroxylation is 2. The van der Waals surface area contributed by atoms with Crippen molar-refractivity contribution < 1.29 is 13.9 Å². The van der Waals surface area contributed by atoms with E-state index in [0.717, 1.165) is 55.2 Å². The molecule has 0 bridgehead atoms. The van der Waals surface area contributed by atoms with Gasteiger partial charge in [-0.3, -0.25) is 4.90 Å². The van der Waals surface area contributed by atoms with E-state index in [-0.39, 0.29) is 5.82 Å². The summed E-state index contributed by atoms with van der Waals surface area (Å²) in [4.78, 5) is 14.3. The Morgan fingerprint density at radius 2 is 2.00 bits per heavy atom. The van der Waals surface area contributed by atoms with Crippen LogP contribution in [0.15, 0.2) is 24.3 Å². The maximum absolute atomic E-state index is 13.7. The van der Waals surface area contributed by atoms with Crippen LogP contribution in [0.1, 0.15) is 29.1 Å². The Hall–Kier alpha value is -2.09. The van der Waals surface area contributed by atoms with Crippen molar-refractivity contribution in [2.45, 2.75) is 32.2 Å². The average Bonchev–Trinajstić information content (AvgIpc) is 3.07. The van der Waals surface area contributed by atoms with Crippen LogP contribution < -0.4 is 4.74 Å². The van der Waals surface area contributed by atoms with E-state index in [2.05, 4.69) is 4.90 Å². The molecular weight excluding hydrogens is 377 g/mol. The predicted octanol–water partition coefficient (Wildman–Crippen LogP) is 4.33. The molecule has 5 rings (SSSR count). The second-order valence-corrected chi connectivity index (χ2v) is 8.37. The highest BCUT2D eigenvalue weighted by Crippen LogP contribution is 2.40. The Bertz CT molecular complexity index is 1000. The fraction of sp³-hybridized carbons (Fsp3) is 0.429. The average molecular weight is 399 g/mol. The fourth-order valence-corrected chi connectivity index (χ4v) is 5.18. The van der Waals surface area contributed by atoms with Gasteiger partial charge in [0.2, 0.25) is 5.88 Å². The summed E-state index contributed by atoms with van der Waals surface area (Å²) in [6, 6.07) is 6.23. The lowest BCUT2D eigenvalue weighted by Gasteiger charge is -2.25. The fourth-order valence-electron chi connectivity index (χ4n) is 3.91. The maximum atomic E-state index is 13.7. The molecule has 28 heavy (non-hydrogen) atoms. The molecule has 0 N–H and O–H groups in total. The molecule has 5 nitrogen and oxygen atoms in total. The number of ether oxygens (including phenoxy) is 2. The molecule has 146 valence electrons. The van der Waals surface area contributed by atoms with E-state index in [4.69, 9.17) is 19.4 Å². The van der Waals surface area contributed by atoms with Crippen molar-refractivity contribution in [3.63, 3.8) is 0 Å². The second kappa shape index (κ2) is 7.73. The minimum atomic E-state index is -0.316. The van der Waals surface area contributed by atoms with Crippen LogP contribution in [0.4, 0.5) is 4.39 Å². The number of fused-ring (bicyclic) bond motifs is 3.